The third-order valence-corrected chi connectivity index (χ3v) is 6.80. The number of fused-ring (bicyclic) bond motifs is 6. The molecule has 0 saturated heterocycles. The molecule has 1 aromatic carbocycles. The largest absolute Gasteiger partial charge is 0.458 e. The standard InChI is InChI=1S/C24H22N2O6/c1-4-24(29)15-6-17-21-13(8-26(17)22(27)14(15)9-30-23(24)28)20(11(2)3)12-5-18-19(32-10-31-18)7-16(12)25-21/h5-7,11,29H,4,8-10H2,1-3H3/t24-/m0/s1. The predicted molar refractivity (Wildman–Crippen MR) is 115 cm³/mol. The quantitative estimate of drug-likeness (QED) is 0.484. The minimum atomic E-state index is -1.84. The van der Waals surface area contributed by atoms with Gasteiger partial charge in [0.2, 0.25) is 6.79 Å². The van der Waals surface area contributed by atoms with E-state index in [9.17, 15) is 14.7 Å². The van der Waals surface area contributed by atoms with Crippen LogP contribution in [0.1, 0.15) is 55.4 Å². The Morgan fingerprint density at radius 2 is 1.88 bits per heavy atom. The highest BCUT2D eigenvalue weighted by molar-refractivity contribution is 5.91. The smallest absolute Gasteiger partial charge is 0.343 e. The van der Waals surface area contributed by atoms with Crippen molar-refractivity contribution < 1.29 is 24.1 Å². The molecule has 6 rings (SSSR count). The number of nitrogens with zero attached hydrogens (tertiary/aromatic N) is 2. The van der Waals surface area contributed by atoms with E-state index in [1.807, 2.05) is 12.1 Å². The summed E-state index contributed by atoms with van der Waals surface area (Å²) in [6.07, 6.45) is 0.112. The third-order valence-electron chi connectivity index (χ3n) is 6.80. The van der Waals surface area contributed by atoms with Gasteiger partial charge in [-0.1, -0.05) is 20.8 Å². The summed E-state index contributed by atoms with van der Waals surface area (Å²) < 4.78 is 17.9. The van der Waals surface area contributed by atoms with Crippen molar-refractivity contribution >= 4 is 16.9 Å². The van der Waals surface area contributed by atoms with Gasteiger partial charge in [0.1, 0.15) is 6.61 Å². The van der Waals surface area contributed by atoms with Gasteiger partial charge in [-0.2, -0.15) is 0 Å². The zero-order chi connectivity index (χ0) is 22.4. The normalized spacial score (nSPS) is 20.3. The second kappa shape index (κ2) is 6.32. The highest BCUT2D eigenvalue weighted by Gasteiger charge is 2.45. The Hall–Kier alpha value is -3.39. The van der Waals surface area contributed by atoms with Crippen LogP contribution in [0.15, 0.2) is 23.0 Å². The molecule has 8 heteroatoms. The van der Waals surface area contributed by atoms with Crippen LogP contribution >= 0.6 is 0 Å². The molecule has 0 radical (unpaired) electrons. The first-order valence-electron chi connectivity index (χ1n) is 10.8. The molecule has 3 aliphatic heterocycles. The molecule has 0 aliphatic carbocycles. The predicted octanol–water partition coefficient (Wildman–Crippen LogP) is 2.93. The second-order valence-electron chi connectivity index (χ2n) is 8.83. The van der Waals surface area contributed by atoms with E-state index in [1.54, 1.807) is 17.6 Å². The van der Waals surface area contributed by atoms with E-state index in [-0.39, 0.29) is 31.3 Å². The summed E-state index contributed by atoms with van der Waals surface area (Å²) in [4.78, 5) is 30.7. The SMILES string of the molecule is CC[C@@]1(O)C(=O)OCc2c1cc1n(c2=O)Cc2c-1nc1cc3c(cc1c2C(C)C)OCO3. The molecule has 0 unspecified atom stereocenters. The second-order valence-corrected chi connectivity index (χ2v) is 8.83. The van der Waals surface area contributed by atoms with Gasteiger partial charge in [-0.05, 0) is 30.0 Å². The van der Waals surface area contributed by atoms with Gasteiger partial charge >= 0.3 is 5.97 Å². The van der Waals surface area contributed by atoms with Crippen molar-refractivity contribution in [2.24, 2.45) is 0 Å². The summed E-state index contributed by atoms with van der Waals surface area (Å²) in [6.45, 7) is 6.33. The maximum absolute atomic E-state index is 13.4. The van der Waals surface area contributed by atoms with Crippen molar-refractivity contribution in [1.29, 1.82) is 0 Å². The molecule has 0 bridgehead atoms. The van der Waals surface area contributed by atoms with E-state index in [0.717, 1.165) is 22.0 Å². The maximum atomic E-state index is 13.4. The number of carbonyl (C=O) groups excluding carboxylic acids is 1. The number of benzene rings is 1. The molecule has 5 heterocycles. The van der Waals surface area contributed by atoms with Gasteiger partial charge in [0.15, 0.2) is 17.1 Å². The number of carbonyl (C=O) groups is 1. The summed E-state index contributed by atoms with van der Waals surface area (Å²) in [5.74, 6) is 0.778. The minimum Gasteiger partial charge on any atom is -0.458 e. The van der Waals surface area contributed by atoms with Crippen LogP contribution in [0.2, 0.25) is 0 Å². The Bertz CT molecular complexity index is 1410. The molecular weight excluding hydrogens is 412 g/mol. The van der Waals surface area contributed by atoms with Crippen molar-refractivity contribution in [3.63, 3.8) is 0 Å². The van der Waals surface area contributed by atoms with Crippen molar-refractivity contribution in [2.75, 3.05) is 6.79 Å². The molecule has 2 aromatic heterocycles. The van der Waals surface area contributed by atoms with Crippen molar-refractivity contribution in [2.45, 2.75) is 51.9 Å². The van der Waals surface area contributed by atoms with E-state index in [0.29, 0.717) is 40.6 Å². The maximum Gasteiger partial charge on any atom is 0.343 e. The van der Waals surface area contributed by atoms with Crippen LogP contribution in [0.5, 0.6) is 11.5 Å². The van der Waals surface area contributed by atoms with Crippen molar-refractivity contribution in [1.82, 2.24) is 9.55 Å². The van der Waals surface area contributed by atoms with Gasteiger partial charge in [0.25, 0.3) is 5.56 Å². The number of rotatable bonds is 2. The van der Waals surface area contributed by atoms with Crippen molar-refractivity contribution in [3.05, 3.63) is 50.8 Å². The summed E-state index contributed by atoms with van der Waals surface area (Å²) in [5.41, 5.74) is 2.66. The van der Waals surface area contributed by atoms with Gasteiger partial charge in [-0.15, -0.1) is 0 Å². The van der Waals surface area contributed by atoms with Crippen LogP contribution in [0.3, 0.4) is 0 Å². The Morgan fingerprint density at radius 3 is 2.59 bits per heavy atom. The number of pyridine rings is 2. The summed E-state index contributed by atoms with van der Waals surface area (Å²) in [7, 11) is 0. The molecule has 1 atom stereocenters. The lowest BCUT2D eigenvalue weighted by molar-refractivity contribution is -0.172. The van der Waals surface area contributed by atoms with E-state index >= 15 is 0 Å². The van der Waals surface area contributed by atoms with E-state index in [1.165, 1.54) is 0 Å². The number of esters is 1. The molecule has 8 nitrogen and oxygen atoms in total. The van der Waals surface area contributed by atoms with E-state index in [2.05, 4.69) is 13.8 Å². The lowest BCUT2D eigenvalue weighted by Crippen LogP contribution is -2.44. The summed E-state index contributed by atoms with van der Waals surface area (Å²) >= 11 is 0. The first-order chi connectivity index (χ1) is 15.3. The van der Waals surface area contributed by atoms with Crippen LogP contribution in [0, 0.1) is 0 Å². The Labute approximate surface area is 183 Å². The fourth-order valence-electron chi connectivity index (χ4n) is 5.16. The van der Waals surface area contributed by atoms with Gasteiger partial charge in [-0.25, -0.2) is 9.78 Å². The van der Waals surface area contributed by atoms with Crippen LogP contribution < -0.4 is 15.0 Å². The number of aliphatic hydroxyl groups is 1. The zero-order valence-corrected chi connectivity index (χ0v) is 18.0. The summed E-state index contributed by atoms with van der Waals surface area (Å²) in [5, 5.41) is 12.0. The van der Waals surface area contributed by atoms with Gasteiger partial charge in [0, 0.05) is 22.6 Å². The number of aromatic nitrogens is 2. The Balaban J connectivity index is 1.67. The Kier molecular flexibility index (Phi) is 3.81. The average molecular weight is 434 g/mol. The average Bonchev–Trinajstić information content (AvgIpc) is 3.37. The molecular formula is C24H22N2O6. The summed E-state index contributed by atoms with van der Waals surface area (Å²) in [6, 6.07) is 5.56. The van der Waals surface area contributed by atoms with Gasteiger partial charge in [0.05, 0.1) is 29.0 Å². The number of ether oxygens (including phenoxy) is 3. The van der Waals surface area contributed by atoms with Gasteiger partial charge < -0.3 is 23.9 Å². The number of hydrogen-bond donors (Lipinski definition) is 1. The van der Waals surface area contributed by atoms with Crippen LogP contribution in [-0.2, 0) is 28.3 Å². The van der Waals surface area contributed by atoms with Crippen LogP contribution in [-0.4, -0.2) is 27.4 Å². The molecule has 0 saturated carbocycles. The third kappa shape index (κ3) is 2.33. The zero-order valence-electron chi connectivity index (χ0n) is 18.0. The van der Waals surface area contributed by atoms with Crippen LogP contribution in [0.4, 0.5) is 0 Å². The number of cyclic esters (lactones) is 1. The molecule has 1 N–H and O–H groups in total. The minimum absolute atomic E-state index is 0.112. The molecule has 0 fully saturated rings. The highest BCUT2D eigenvalue weighted by atomic mass is 16.7. The molecule has 3 aromatic rings. The topological polar surface area (TPSA) is 99.9 Å². The molecule has 32 heavy (non-hydrogen) atoms. The first-order valence-corrected chi connectivity index (χ1v) is 10.8. The lowest BCUT2D eigenvalue weighted by Gasteiger charge is -2.31. The van der Waals surface area contributed by atoms with Crippen molar-refractivity contribution in [3.8, 4) is 22.9 Å². The monoisotopic (exact) mass is 434 g/mol. The lowest BCUT2D eigenvalue weighted by atomic mass is 9.86. The Morgan fingerprint density at radius 1 is 1.12 bits per heavy atom. The number of hydrogen-bond acceptors (Lipinski definition) is 7. The molecule has 0 amide bonds. The first kappa shape index (κ1) is 19.3. The molecule has 164 valence electrons. The van der Waals surface area contributed by atoms with Crippen LogP contribution in [0.25, 0.3) is 22.3 Å². The molecule has 3 aliphatic rings. The fraction of sp³-hybridized carbons (Fsp3) is 0.375. The fourth-order valence-corrected chi connectivity index (χ4v) is 5.16. The van der Waals surface area contributed by atoms with E-state index < -0.39 is 11.6 Å². The molecule has 0 spiro atoms. The highest BCUT2D eigenvalue weighted by Crippen LogP contribution is 2.44. The van der Waals surface area contributed by atoms with Gasteiger partial charge in [-0.3, -0.25) is 4.79 Å². The van der Waals surface area contributed by atoms with E-state index in [4.69, 9.17) is 19.2 Å².